The number of aromatic nitrogens is 3. The zero-order valence-corrected chi connectivity index (χ0v) is 17.7. The highest BCUT2D eigenvalue weighted by Gasteiger charge is 2.34. The van der Waals surface area contributed by atoms with Crippen LogP contribution < -0.4 is 5.73 Å². The van der Waals surface area contributed by atoms with E-state index in [2.05, 4.69) is 72.3 Å². The van der Waals surface area contributed by atoms with Crippen LogP contribution in [0, 0.1) is 5.92 Å². The Labute approximate surface area is 176 Å². The number of rotatable bonds is 5. The van der Waals surface area contributed by atoms with Crippen LogP contribution in [0.4, 0.5) is 5.95 Å². The molecule has 4 aromatic rings. The molecule has 2 heterocycles. The van der Waals surface area contributed by atoms with Gasteiger partial charge in [-0.05, 0) is 35.6 Å². The summed E-state index contributed by atoms with van der Waals surface area (Å²) < 4.78 is 0. The minimum atomic E-state index is -0.202. The Morgan fingerprint density at radius 2 is 1.70 bits per heavy atom. The molecule has 0 aliphatic heterocycles. The Morgan fingerprint density at radius 1 is 1.03 bits per heavy atom. The van der Waals surface area contributed by atoms with Crippen LogP contribution in [0.3, 0.4) is 0 Å². The average Bonchev–Trinajstić information content (AvgIpc) is 3.17. The molecule has 0 bridgehead atoms. The van der Waals surface area contributed by atoms with Crippen molar-refractivity contribution >= 4 is 22.6 Å². The number of fused-ring (bicyclic) bond motifs is 1. The molecule has 0 fully saturated rings. The third-order valence-corrected chi connectivity index (χ3v) is 6.29. The first kappa shape index (κ1) is 19.8. The van der Waals surface area contributed by atoms with Gasteiger partial charge in [-0.1, -0.05) is 57.2 Å². The molecular formula is C25H26N4O. The van der Waals surface area contributed by atoms with Crippen molar-refractivity contribution in [2.24, 2.45) is 5.92 Å². The van der Waals surface area contributed by atoms with Gasteiger partial charge in [0.15, 0.2) is 5.78 Å². The lowest BCUT2D eigenvalue weighted by atomic mass is 9.68. The van der Waals surface area contributed by atoms with Gasteiger partial charge in [-0.25, -0.2) is 9.97 Å². The fourth-order valence-electron chi connectivity index (χ4n) is 4.07. The molecule has 5 nitrogen and oxygen atoms in total. The summed E-state index contributed by atoms with van der Waals surface area (Å²) in [6.45, 7) is 8.35. The lowest BCUT2D eigenvalue weighted by Gasteiger charge is -2.35. The van der Waals surface area contributed by atoms with Crippen molar-refractivity contribution < 1.29 is 4.79 Å². The van der Waals surface area contributed by atoms with E-state index in [1.54, 1.807) is 19.3 Å². The Hall–Kier alpha value is -3.47. The summed E-state index contributed by atoms with van der Waals surface area (Å²) in [6, 6.07) is 14.5. The second-order valence-electron chi connectivity index (χ2n) is 8.28. The number of anilines is 1. The van der Waals surface area contributed by atoms with Gasteiger partial charge in [-0.15, -0.1) is 0 Å². The van der Waals surface area contributed by atoms with Crippen molar-refractivity contribution in [2.45, 2.75) is 33.1 Å². The van der Waals surface area contributed by atoms with Crippen LogP contribution in [-0.2, 0) is 5.41 Å². The highest BCUT2D eigenvalue weighted by atomic mass is 16.1. The second kappa shape index (κ2) is 7.41. The van der Waals surface area contributed by atoms with E-state index in [9.17, 15) is 4.79 Å². The summed E-state index contributed by atoms with van der Waals surface area (Å²) in [5, 5.41) is 1.15. The van der Waals surface area contributed by atoms with Gasteiger partial charge in [0, 0.05) is 46.0 Å². The number of nitrogens with zero attached hydrogens (tertiary/aromatic N) is 2. The third-order valence-electron chi connectivity index (χ3n) is 6.29. The molecule has 0 saturated carbocycles. The van der Waals surface area contributed by atoms with Gasteiger partial charge < -0.3 is 10.7 Å². The topological polar surface area (TPSA) is 84.7 Å². The quantitative estimate of drug-likeness (QED) is 0.443. The molecule has 0 spiro atoms. The Morgan fingerprint density at radius 3 is 2.30 bits per heavy atom. The molecule has 152 valence electrons. The van der Waals surface area contributed by atoms with Gasteiger partial charge in [0.05, 0.1) is 0 Å². The maximum absolute atomic E-state index is 11.8. The highest BCUT2D eigenvalue weighted by molar-refractivity contribution is 5.98. The van der Waals surface area contributed by atoms with E-state index in [1.165, 1.54) is 11.1 Å². The number of nitrogens with two attached hydrogens (primary N) is 1. The van der Waals surface area contributed by atoms with Crippen molar-refractivity contribution in [1.29, 1.82) is 0 Å². The van der Waals surface area contributed by atoms with Gasteiger partial charge in [-0.3, -0.25) is 4.79 Å². The zero-order valence-electron chi connectivity index (χ0n) is 17.7. The molecule has 1 unspecified atom stereocenters. The maximum atomic E-state index is 11.8. The lowest BCUT2D eigenvalue weighted by molar-refractivity contribution is 0.101. The molecule has 1 atom stereocenters. The maximum Gasteiger partial charge on any atom is 0.219 e. The first-order valence-electron chi connectivity index (χ1n) is 10.1. The van der Waals surface area contributed by atoms with Crippen LogP contribution in [0.25, 0.3) is 22.0 Å². The van der Waals surface area contributed by atoms with Crippen molar-refractivity contribution in [1.82, 2.24) is 15.0 Å². The molecule has 0 radical (unpaired) electrons. The monoisotopic (exact) mass is 398 g/mol. The molecule has 2 aromatic carbocycles. The number of benzene rings is 2. The van der Waals surface area contributed by atoms with E-state index in [0.717, 1.165) is 27.6 Å². The summed E-state index contributed by atoms with van der Waals surface area (Å²) in [5.74, 6) is 0.701. The normalized spacial score (nSPS) is 13.5. The summed E-state index contributed by atoms with van der Waals surface area (Å²) >= 11 is 0. The molecule has 3 N–H and O–H groups in total. The number of carbonyl (C=O) groups is 1. The fourth-order valence-corrected chi connectivity index (χ4v) is 4.07. The van der Waals surface area contributed by atoms with Crippen LogP contribution in [0.1, 0.15) is 49.2 Å². The molecule has 5 heteroatoms. The molecule has 0 aliphatic rings. The van der Waals surface area contributed by atoms with Gasteiger partial charge in [0.25, 0.3) is 0 Å². The van der Waals surface area contributed by atoms with Gasteiger partial charge >= 0.3 is 0 Å². The number of nitrogens with one attached hydrogen (secondary N) is 1. The molecule has 0 saturated heterocycles. The van der Waals surface area contributed by atoms with Crippen molar-refractivity contribution in [3.05, 3.63) is 77.7 Å². The fraction of sp³-hybridized carbons (Fsp3) is 0.240. The van der Waals surface area contributed by atoms with E-state index >= 15 is 0 Å². The number of nitrogen functional groups attached to an aromatic ring is 1. The minimum absolute atomic E-state index is 0.0712. The Kier molecular flexibility index (Phi) is 4.90. The van der Waals surface area contributed by atoms with Gasteiger partial charge in [-0.2, -0.15) is 0 Å². The minimum Gasteiger partial charge on any atom is -0.368 e. The van der Waals surface area contributed by atoms with Crippen LogP contribution in [0.2, 0.25) is 0 Å². The van der Waals surface area contributed by atoms with Crippen LogP contribution in [0.15, 0.2) is 61.1 Å². The van der Waals surface area contributed by atoms with Crippen LogP contribution in [-0.4, -0.2) is 20.7 Å². The molecule has 4 rings (SSSR count). The smallest absolute Gasteiger partial charge is 0.219 e. The Balaban J connectivity index is 1.79. The molecule has 30 heavy (non-hydrogen) atoms. The van der Waals surface area contributed by atoms with E-state index in [0.29, 0.717) is 5.92 Å². The van der Waals surface area contributed by atoms with Crippen LogP contribution in [0.5, 0.6) is 0 Å². The molecule has 2 aromatic heterocycles. The first-order chi connectivity index (χ1) is 14.3. The predicted molar refractivity (Wildman–Crippen MR) is 121 cm³/mol. The first-order valence-corrected chi connectivity index (χ1v) is 10.1. The highest BCUT2D eigenvalue weighted by Crippen LogP contribution is 2.42. The SMILES string of the molecule is CC(=O)c1ccc2c(C(C)(c3ccc(-c4cnc(N)nc4)cc3)C(C)C)c[nH]c2c1. The molecule has 0 aliphatic carbocycles. The summed E-state index contributed by atoms with van der Waals surface area (Å²) in [4.78, 5) is 23.3. The zero-order chi connectivity index (χ0) is 21.5. The van der Waals surface area contributed by atoms with Crippen molar-refractivity contribution in [3.8, 4) is 11.1 Å². The van der Waals surface area contributed by atoms with E-state index in [-0.39, 0.29) is 17.1 Å². The molecular weight excluding hydrogens is 372 g/mol. The summed E-state index contributed by atoms with van der Waals surface area (Å²) in [7, 11) is 0. The van der Waals surface area contributed by atoms with E-state index in [1.807, 2.05) is 12.1 Å². The molecule has 0 amide bonds. The second-order valence-corrected chi connectivity index (χ2v) is 8.28. The number of hydrogen-bond donors (Lipinski definition) is 2. The summed E-state index contributed by atoms with van der Waals surface area (Å²) in [5.41, 5.74) is 11.5. The van der Waals surface area contributed by atoms with Crippen LogP contribution >= 0.6 is 0 Å². The van der Waals surface area contributed by atoms with E-state index in [4.69, 9.17) is 5.73 Å². The Bertz CT molecular complexity index is 1210. The van der Waals surface area contributed by atoms with Gasteiger partial charge in [0.1, 0.15) is 0 Å². The van der Waals surface area contributed by atoms with Gasteiger partial charge in [0.2, 0.25) is 5.95 Å². The lowest BCUT2D eigenvalue weighted by Crippen LogP contribution is -2.29. The predicted octanol–water partition coefficient (Wildman–Crippen LogP) is 5.37. The number of hydrogen-bond acceptors (Lipinski definition) is 4. The number of carbonyl (C=O) groups excluding carboxylic acids is 1. The third kappa shape index (κ3) is 3.26. The number of H-pyrrole nitrogens is 1. The number of aromatic amines is 1. The number of ketones is 1. The van der Waals surface area contributed by atoms with E-state index < -0.39 is 0 Å². The number of Topliss-reactive ketones (excluding diaryl/α,β-unsaturated/α-hetero) is 1. The average molecular weight is 399 g/mol. The standard InChI is InChI=1S/C25H26N4O/c1-15(2)25(4,22-14-27-23-11-18(16(3)30)7-10-21(22)23)20-8-5-17(6-9-20)19-12-28-24(26)29-13-19/h5-15,27H,1-4H3,(H2,26,28,29). The largest absolute Gasteiger partial charge is 0.368 e. The summed E-state index contributed by atoms with van der Waals surface area (Å²) in [6.07, 6.45) is 5.56. The van der Waals surface area contributed by atoms with Crippen molar-refractivity contribution in [2.75, 3.05) is 5.73 Å². The van der Waals surface area contributed by atoms with Crippen molar-refractivity contribution in [3.63, 3.8) is 0 Å².